The van der Waals surface area contributed by atoms with Crippen LogP contribution >= 0.6 is 0 Å². The van der Waals surface area contributed by atoms with Gasteiger partial charge in [0.25, 0.3) is 5.91 Å². The van der Waals surface area contributed by atoms with Crippen LogP contribution in [0, 0.1) is 0 Å². The first-order valence-corrected chi connectivity index (χ1v) is 6.48. The molecule has 5 heteroatoms. The monoisotopic (exact) mass is 293 g/mol. The van der Waals surface area contributed by atoms with Crippen LogP contribution < -0.4 is 5.32 Å². The fourth-order valence-corrected chi connectivity index (χ4v) is 1.98. The third-order valence-electron chi connectivity index (χ3n) is 3.10. The summed E-state index contributed by atoms with van der Waals surface area (Å²) in [6, 6.07) is 11.6. The summed E-state index contributed by atoms with van der Waals surface area (Å²) in [5.41, 5.74) is 0.690. The highest BCUT2D eigenvalue weighted by Crippen LogP contribution is 2.29. The van der Waals surface area contributed by atoms with E-state index in [2.05, 4.69) is 5.32 Å². The molecule has 0 unspecified atom stereocenters. The Bertz CT molecular complexity index is 650. The normalized spacial score (nSPS) is 11.2. The van der Waals surface area contributed by atoms with Gasteiger partial charge in [-0.2, -0.15) is 13.2 Å². The molecule has 2 aromatic carbocycles. The van der Waals surface area contributed by atoms with E-state index >= 15 is 0 Å². The van der Waals surface area contributed by atoms with Crippen LogP contribution in [0.2, 0.25) is 0 Å². The van der Waals surface area contributed by atoms with Crippen LogP contribution in [0.4, 0.5) is 18.9 Å². The second-order valence-corrected chi connectivity index (χ2v) is 4.54. The van der Waals surface area contributed by atoms with Crippen LogP contribution in [-0.2, 0) is 12.6 Å². The van der Waals surface area contributed by atoms with Crippen molar-refractivity contribution in [2.45, 2.75) is 19.5 Å². The highest BCUT2D eigenvalue weighted by atomic mass is 19.4. The first-order chi connectivity index (χ1) is 9.91. The molecule has 0 aliphatic rings. The SMILES string of the molecule is CCc1ccccc1NC(=O)c1cccc(C(F)(F)F)c1. The molecular weight excluding hydrogens is 279 g/mol. The maximum Gasteiger partial charge on any atom is 0.416 e. The predicted molar refractivity (Wildman–Crippen MR) is 75.2 cm³/mol. The standard InChI is InChI=1S/C16H14F3NO/c1-2-11-6-3-4-9-14(11)20-15(21)12-7-5-8-13(10-12)16(17,18)19/h3-10H,2H2,1H3,(H,20,21). The number of para-hydroxylation sites is 1. The lowest BCUT2D eigenvalue weighted by atomic mass is 10.1. The molecule has 1 amide bonds. The minimum atomic E-state index is -4.46. The molecule has 0 fully saturated rings. The third kappa shape index (κ3) is 3.62. The number of rotatable bonds is 3. The quantitative estimate of drug-likeness (QED) is 0.885. The molecule has 2 rings (SSSR count). The molecule has 0 atom stereocenters. The van der Waals surface area contributed by atoms with Crippen molar-refractivity contribution >= 4 is 11.6 Å². The molecule has 110 valence electrons. The van der Waals surface area contributed by atoms with Gasteiger partial charge in [-0.3, -0.25) is 4.79 Å². The number of aryl methyl sites for hydroxylation is 1. The van der Waals surface area contributed by atoms with Crippen molar-refractivity contribution in [1.82, 2.24) is 0 Å². The van der Waals surface area contributed by atoms with Crippen LogP contribution in [0.5, 0.6) is 0 Å². The van der Waals surface area contributed by atoms with Gasteiger partial charge in [0.1, 0.15) is 0 Å². The molecule has 0 spiro atoms. The maximum atomic E-state index is 12.6. The lowest BCUT2D eigenvalue weighted by Crippen LogP contribution is -2.14. The van der Waals surface area contributed by atoms with Crippen LogP contribution in [0.15, 0.2) is 48.5 Å². The number of alkyl halides is 3. The molecule has 0 aliphatic carbocycles. The number of anilines is 1. The highest BCUT2D eigenvalue weighted by molar-refractivity contribution is 6.04. The first-order valence-electron chi connectivity index (χ1n) is 6.48. The summed E-state index contributed by atoms with van der Waals surface area (Å²) in [6.45, 7) is 1.94. The van der Waals surface area contributed by atoms with Crippen molar-refractivity contribution < 1.29 is 18.0 Å². The Balaban J connectivity index is 2.25. The molecule has 0 bridgehead atoms. The third-order valence-corrected chi connectivity index (χ3v) is 3.10. The molecule has 2 aromatic rings. The van der Waals surface area contributed by atoms with E-state index in [1.54, 1.807) is 12.1 Å². The smallest absolute Gasteiger partial charge is 0.322 e. The van der Waals surface area contributed by atoms with Gasteiger partial charge in [0.2, 0.25) is 0 Å². The molecular formula is C16H14F3NO. The van der Waals surface area contributed by atoms with Crippen molar-refractivity contribution in [2.75, 3.05) is 5.32 Å². The average Bonchev–Trinajstić information content (AvgIpc) is 2.47. The van der Waals surface area contributed by atoms with E-state index in [4.69, 9.17) is 0 Å². The van der Waals surface area contributed by atoms with Crippen LogP contribution in [0.3, 0.4) is 0 Å². The van der Waals surface area contributed by atoms with Crippen molar-refractivity contribution in [3.05, 3.63) is 65.2 Å². The van der Waals surface area contributed by atoms with Crippen LogP contribution in [0.25, 0.3) is 0 Å². The zero-order valence-electron chi connectivity index (χ0n) is 11.4. The molecule has 1 N–H and O–H groups in total. The number of carbonyl (C=O) groups is 1. The summed E-state index contributed by atoms with van der Waals surface area (Å²) < 4.78 is 37.9. The number of hydrogen-bond acceptors (Lipinski definition) is 1. The summed E-state index contributed by atoms with van der Waals surface area (Å²) in [4.78, 5) is 12.1. The number of amides is 1. The Morgan fingerprint density at radius 2 is 1.81 bits per heavy atom. The summed E-state index contributed by atoms with van der Waals surface area (Å²) in [6.07, 6.45) is -3.74. The number of hydrogen-bond donors (Lipinski definition) is 1. The van der Waals surface area contributed by atoms with Gasteiger partial charge in [-0.25, -0.2) is 0 Å². The van der Waals surface area contributed by atoms with Crippen molar-refractivity contribution in [2.24, 2.45) is 0 Å². The molecule has 0 aromatic heterocycles. The maximum absolute atomic E-state index is 12.6. The average molecular weight is 293 g/mol. The van der Waals surface area contributed by atoms with Gasteiger partial charge in [-0.15, -0.1) is 0 Å². The molecule has 21 heavy (non-hydrogen) atoms. The van der Waals surface area contributed by atoms with E-state index < -0.39 is 17.6 Å². The minimum Gasteiger partial charge on any atom is -0.322 e. The molecule has 0 aliphatic heterocycles. The van der Waals surface area contributed by atoms with E-state index in [1.807, 2.05) is 19.1 Å². The Labute approximate surface area is 120 Å². The largest absolute Gasteiger partial charge is 0.416 e. The summed E-state index contributed by atoms with van der Waals surface area (Å²) >= 11 is 0. The fourth-order valence-electron chi connectivity index (χ4n) is 1.98. The van der Waals surface area contributed by atoms with Crippen molar-refractivity contribution in [1.29, 1.82) is 0 Å². The summed E-state index contributed by atoms with van der Waals surface area (Å²) in [5, 5.41) is 2.65. The number of carbonyl (C=O) groups excluding carboxylic acids is 1. The van der Waals surface area contributed by atoms with E-state index in [0.717, 1.165) is 24.1 Å². The predicted octanol–water partition coefficient (Wildman–Crippen LogP) is 4.52. The van der Waals surface area contributed by atoms with Gasteiger partial charge in [0.15, 0.2) is 0 Å². The number of nitrogens with one attached hydrogen (secondary N) is 1. The van der Waals surface area contributed by atoms with E-state index in [1.165, 1.54) is 12.1 Å². The van der Waals surface area contributed by atoms with Gasteiger partial charge in [0, 0.05) is 11.3 Å². The fraction of sp³-hybridized carbons (Fsp3) is 0.188. The van der Waals surface area contributed by atoms with E-state index in [0.29, 0.717) is 5.69 Å². The molecule has 0 saturated heterocycles. The van der Waals surface area contributed by atoms with Gasteiger partial charge >= 0.3 is 6.18 Å². The summed E-state index contributed by atoms with van der Waals surface area (Å²) in [5.74, 6) is -0.554. The Morgan fingerprint density at radius 3 is 2.48 bits per heavy atom. The topological polar surface area (TPSA) is 29.1 Å². The summed E-state index contributed by atoms with van der Waals surface area (Å²) in [7, 11) is 0. The van der Waals surface area contributed by atoms with Gasteiger partial charge in [-0.1, -0.05) is 31.2 Å². The Hall–Kier alpha value is -2.30. The van der Waals surface area contributed by atoms with Crippen LogP contribution in [0.1, 0.15) is 28.4 Å². The first kappa shape index (κ1) is 15.1. The van der Waals surface area contributed by atoms with Crippen molar-refractivity contribution in [3.63, 3.8) is 0 Å². The van der Waals surface area contributed by atoms with E-state index in [9.17, 15) is 18.0 Å². The second kappa shape index (κ2) is 5.99. The molecule has 0 radical (unpaired) electrons. The van der Waals surface area contributed by atoms with Gasteiger partial charge in [-0.05, 0) is 36.2 Å². The number of halogens is 3. The highest BCUT2D eigenvalue weighted by Gasteiger charge is 2.30. The van der Waals surface area contributed by atoms with Gasteiger partial charge in [0.05, 0.1) is 5.56 Å². The zero-order valence-corrected chi connectivity index (χ0v) is 11.4. The van der Waals surface area contributed by atoms with Crippen LogP contribution in [-0.4, -0.2) is 5.91 Å². The molecule has 0 saturated carbocycles. The lowest BCUT2D eigenvalue weighted by molar-refractivity contribution is -0.137. The molecule has 2 nitrogen and oxygen atoms in total. The lowest BCUT2D eigenvalue weighted by Gasteiger charge is -2.11. The van der Waals surface area contributed by atoms with Crippen molar-refractivity contribution in [3.8, 4) is 0 Å². The molecule has 0 heterocycles. The Kier molecular flexibility index (Phi) is 4.31. The van der Waals surface area contributed by atoms with E-state index in [-0.39, 0.29) is 5.56 Å². The minimum absolute atomic E-state index is 0.0178. The zero-order chi connectivity index (χ0) is 15.5. The Morgan fingerprint density at radius 1 is 1.10 bits per heavy atom. The second-order valence-electron chi connectivity index (χ2n) is 4.54. The van der Waals surface area contributed by atoms with Gasteiger partial charge < -0.3 is 5.32 Å². The number of benzene rings is 2.